The Balaban J connectivity index is 1.81. The molecule has 0 unspecified atom stereocenters. The van der Waals surface area contributed by atoms with Gasteiger partial charge in [-0.25, -0.2) is 4.39 Å². The van der Waals surface area contributed by atoms with Crippen LogP contribution < -0.4 is 5.32 Å². The smallest absolute Gasteiger partial charge is 0.124 e. The first-order chi connectivity index (χ1) is 10.3. The molecule has 0 atom stereocenters. The Bertz CT molecular complexity index is 756. The molecule has 3 aromatic rings. The molecule has 0 aliphatic carbocycles. The first-order valence-corrected chi connectivity index (χ1v) is 6.66. The number of hydrogen-bond acceptors (Lipinski definition) is 4. The van der Waals surface area contributed by atoms with Crippen LogP contribution in [0.15, 0.2) is 42.9 Å². The van der Waals surface area contributed by atoms with E-state index < -0.39 is 0 Å². The van der Waals surface area contributed by atoms with Crippen LogP contribution in [0.25, 0.3) is 10.9 Å². The summed E-state index contributed by atoms with van der Waals surface area (Å²) in [5.74, 6) is -0.275. The molecule has 2 aromatic heterocycles. The lowest BCUT2D eigenvalue weighted by Crippen LogP contribution is -2.03. The van der Waals surface area contributed by atoms with Gasteiger partial charge in [0.2, 0.25) is 0 Å². The van der Waals surface area contributed by atoms with E-state index in [4.69, 9.17) is 5.11 Å². The molecule has 0 radical (unpaired) electrons. The Labute approximate surface area is 121 Å². The highest BCUT2D eigenvalue weighted by Crippen LogP contribution is 2.19. The number of hydrogen-bond donors (Lipinski definition) is 2. The maximum absolute atomic E-state index is 13.6. The van der Waals surface area contributed by atoms with Crippen molar-refractivity contribution in [2.45, 2.75) is 13.1 Å². The number of benzene rings is 1. The normalized spacial score (nSPS) is 11.0. The lowest BCUT2D eigenvalue weighted by atomic mass is 10.1. The number of aliphatic hydroxyl groups is 1. The van der Waals surface area contributed by atoms with Gasteiger partial charge in [0.1, 0.15) is 5.82 Å². The molecular weight excluding hydrogens is 271 g/mol. The summed E-state index contributed by atoms with van der Waals surface area (Å²) in [5, 5.41) is 16.9. The average molecular weight is 286 g/mol. The van der Waals surface area contributed by atoms with Crippen LogP contribution in [-0.4, -0.2) is 26.5 Å². The molecule has 0 aliphatic heterocycles. The lowest BCUT2D eigenvalue weighted by Gasteiger charge is -2.07. The number of fused-ring (bicyclic) bond motifs is 1. The third-order valence-corrected chi connectivity index (χ3v) is 3.19. The number of aromatic nitrogens is 3. The molecule has 0 bridgehead atoms. The zero-order chi connectivity index (χ0) is 14.7. The van der Waals surface area contributed by atoms with E-state index in [9.17, 15) is 4.39 Å². The molecule has 0 aliphatic rings. The first-order valence-electron chi connectivity index (χ1n) is 6.66. The number of aliphatic hydroxyl groups excluding tert-OH is 1. The van der Waals surface area contributed by atoms with E-state index in [2.05, 4.69) is 15.4 Å². The Hall–Kier alpha value is -2.47. The van der Waals surface area contributed by atoms with Gasteiger partial charge < -0.3 is 10.4 Å². The average Bonchev–Trinajstić information content (AvgIpc) is 2.93. The number of rotatable bonds is 5. The van der Waals surface area contributed by atoms with Gasteiger partial charge in [0, 0.05) is 29.9 Å². The second-order valence-electron chi connectivity index (χ2n) is 4.71. The SMILES string of the molecule is OCCn1cc(NCc2cc(F)cc3cccnc23)cn1. The number of halogens is 1. The monoisotopic (exact) mass is 286 g/mol. The third-order valence-electron chi connectivity index (χ3n) is 3.19. The fraction of sp³-hybridized carbons (Fsp3) is 0.200. The summed E-state index contributed by atoms with van der Waals surface area (Å²) in [4.78, 5) is 4.31. The molecule has 2 N–H and O–H groups in total. The van der Waals surface area contributed by atoms with Gasteiger partial charge in [0.15, 0.2) is 0 Å². The molecule has 0 amide bonds. The Morgan fingerprint density at radius 1 is 1.33 bits per heavy atom. The molecule has 5 nitrogen and oxygen atoms in total. The van der Waals surface area contributed by atoms with E-state index in [1.807, 2.05) is 6.07 Å². The molecule has 3 rings (SSSR count). The van der Waals surface area contributed by atoms with E-state index in [0.29, 0.717) is 13.1 Å². The molecule has 0 fully saturated rings. The van der Waals surface area contributed by atoms with Crippen molar-refractivity contribution in [3.05, 3.63) is 54.2 Å². The highest BCUT2D eigenvalue weighted by Gasteiger charge is 2.06. The van der Waals surface area contributed by atoms with Gasteiger partial charge in [0.05, 0.1) is 30.6 Å². The minimum atomic E-state index is -0.275. The second-order valence-corrected chi connectivity index (χ2v) is 4.71. The van der Waals surface area contributed by atoms with E-state index in [1.165, 1.54) is 12.1 Å². The van der Waals surface area contributed by atoms with E-state index >= 15 is 0 Å². The van der Waals surface area contributed by atoms with Gasteiger partial charge in [-0.1, -0.05) is 6.07 Å². The third kappa shape index (κ3) is 3.00. The van der Waals surface area contributed by atoms with Crippen molar-refractivity contribution in [2.24, 2.45) is 0 Å². The summed E-state index contributed by atoms with van der Waals surface area (Å²) in [7, 11) is 0. The van der Waals surface area contributed by atoms with Crippen LogP contribution in [-0.2, 0) is 13.1 Å². The molecule has 0 saturated heterocycles. The molecule has 1 aromatic carbocycles. The predicted octanol–water partition coefficient (Wildman–Crippen LogP) is 2.17. The van der Waals surface area contributed by atoms with Crippen molar-refractivity contribution in [3.63, 3.8) is 0 Å². The maximum Gasteiger partial charge on any atom is 0.124 e. The summed E-state index contributed by atoms with van der Waals surface area (Å²) in [6.07, 6.45) is 5.17. The summed E-state index contributed by atoms with van der Waals surface area (Å²) < 4.78 is 15.3. The summed E-state index contributed by atoms with van der Waals surface area (Å²) in [5.41, 5.74) is 2.39. The molecule has 2 heterocycles. The van der Waals surface area contributed by atoms with Gasteiger partial charge in [-0.2, -0.15) is 5.10 Å². The van der Waals surface area contributed by atoms with Crippen LogP contribution in [0, 0.1) is 5.82 Å². The van der Waals surface area contributed by atoms with E-state index in [-0.39, 0.29) is 12.4 Å². The zero-order valence-corrected chi connectivity index (χ0v) is 11.3. The van der Waals surface area contributed by atoms with E-state index in [0.717, 1.165) is 22.2 Å². The topological polar surface area (TPSA) is 63.0 Å². The summed E-state index contributed by atoms with van der Waals surface area (Å²) in [6.45, 7) is 0.946. The van der Waals surface area contributed by atoms with Crippen LogP contribution >= 0.6 is 0 Å². The van der Waals surface area contributed by atoms with Crippen molar-refractivity contribution in [3.8, 4) is 0 Å². The van der Waals surface area contributed by atoms with Crippen LogP contribution in [0.2, 0.25) is 0 Å². The Kier molecular flexibility index (Phi) is 3.79. The fourth-order valence-electron chi connectivity index (χ4n) is 2.24. The molecule has 21 heavy (non-hydrogen) atoms. The lowest BCUT2D eigenvalue weighted by molar-refractivity contribution is 0.269. The number of nitrogens with one attached hydrogen (secondary N) is 1. The molecular formula is C15H15FN4O. The van der Waals surface area contributed by atoms with Crippen molar-refractivity contribution < 1.29 is 9.50 Å². The van der Waals surface area contributed by atoms with Gasteiger partial charge in [-0.05, 0) is 18.2 Å². The minimum Gasteiger partial charge on any atom is -0.394 e. The second kappa shape index (κ2) is 5.88. The highest BCUT2D eigenvalue weighted by molar-refractivity contribution is 5.81. The van der Waals surface area contributed by atoms with E-state index in [1.54, 1.807) is 29.3 Å². The van der Waals surface area contributed by atoms with Gasteiger partial charge in [-0.3, -0.25) is 9.67 Å². The summed E-state index contributed by atoms with van der Waals surface area (Å²) >= 11 is 0. The predicted molar refractivity (Wildman–Crippen MR) is 78.3 cm³/mol. The van der Waals surface area contributed by atoms with Crippen LogP contribution in [0.3, 0.4) is 0 Å². The molecule has 108 valence electrons. The zero-order valence-electron chi connectivity index (χ0n) is 11.3. The van der Waals surface area contributed by atoms with Gasteiger partial charge in [0.25, 0.3) is 0 Å². The number of anilines is 1. The Morgan fingerprint density at radius 3 is 3.10 bits per heavy atom. The number of nitrogens with zero attached hydrogens (tertiary/aromatic N) is 3. The van der Waals surface area contributed by atoms with Crippen LogP contribution in [0.1, 0.15) is 5.56 Å². The highest BCUT2D eigenvalue weighted by atomic mass is 19.1. The maximum atomic E-state index is 13.6. The molecule has 0 spiro atoms. The largest absolute Gasteiger partial charge is 0.394 e. The first kappa shape index (κ1) is 13.5. The Morgan fingerprint density at radius 2 is 2.24 bits per heavy atom. The summed E-state index contributed by atoms with van der Waals surface area (Å²) in [6, 6.07) is 6.59. The standard InChI is InChI=1S/C15H15FN4O/c16-13-6-11-2-1-3-17-15(11)12(7-13)8-18-14-9-19-20(10-14)4-5-21/h1-3,6-7,9-10,18,21H,4-5,8H2. The number of pyridine rings is 1. The van der Waals surface area contributed by atoms with Gasteiger partial charge in [-0.15, -0.1) is 0 Å². The van der Waals surface area contributed by atoms with Crippen LogP contribution in [0.4, 0.5) is 10.1 Å². The van der Waals surface area contributed by atoms with Crippen molar-refractivity contribution in [2.75, 3.05) is 11.9 Å². The van der Waals surface area contributed by atoms with Crippen molar-refractivity contribution in [1.82, 2.24) is 14.8 Å². The quantitative estimate of drug-likeness (QED) is 0.754. The van der Waals surface area contributed by atoms with Crippen molar-refractivity contribution >= 4 is 16.6 Å². The van der Waals surface area contributed by atoms with Crippen LogP contribution in [0.5, 0.6) is 0 Å². The minimum absolute atomic E-state index is 0.0412. The van der Waals surface area contributed by atoms with Gasteiger partial charge >= 0.3 is 0 Å². The molecule has 6 heteroatoms. The fourth-order valence-corrected chi connectivity index (χ4v) is 2.24. The van der Waals surface area contributed by atoms with Crippen molar-refractivity contribution in [1.29, 1.82) is 0 Å². The molecule has 0 saturated carbocycles.